The second-order valence-corrected chi connectivity index (χ2v) is 5.63. The molecule has 4 nitrogen and oxygen atoms in total. The Morgan fingerprint density at radius 1 is 1.19 bits per heavy atom. The summed E-state index contributed by atoms with van der Waals surface area (Å²) < 4.78 is 0. The van der Waals surface area contributed by atoms with E-state index in [1.165, 1.54) is 0 Å². The van der Waals surface area contributed by atoms with Crippen LogP contribution in [-0.2, 0) is 12.8 Å². The number of pyridine rings is 1. The fourth-order valence-electron chi connectivity index (χ4n) is 2.59. The number of rotatable bonds is 3. The lowest BCUT2D eigenvalue weighted by molar-refractivity contribution is 0.100. The largest absolute Gasteiger partial charge is 0.365 e. The summed E-state index contributed by atoms with van der Waals surface area (Å²) >= 11 is 5.87. The Labute approximate surface area is 128 Å². The first kappa shape index (κ1) is 13.9. The molecule has 0 aliphatic heterocycles. The first-order chi connectivity index (χ1) is 10.1. The van der Waals surface area contributed by atoms with Crippen LogP contribution in [0, 0.1) is 0 Å². The summed E-state index contributed by atoms with van der Waals surface area (Å²) in [5.74, 6) is 0.0535. The van der Waals surface area contributed by atoms with Crippen LogP contribution in [0.25, 0.3) is 0 Å². The Balaban J connectivity index is 1.99. The molecule has 0 saturated carbocycles. The summed E-state index contributed by atoms with van der Waals surface area (Å²) in [5.41, 5.74) is 8.94. The molecule has 0 radical (unpaired) electrons. The molecule has 0 unspecified atom stereocenters. The van der Waals surface area contributed by atoms with Crippen LogP contribution in [0.3, 0.4) is 0 Å². The summed E-state index contributed by atoms with van der Waals surface area (Å²) in [7, 11) is 0. The SMILES string of the molecule is NC(=O)c1cc2c(nc1Nc1ccc(Cl)cc1)CCCC2. The van der Waals surface area contributed by atoms with Gasteiger partial charge in [0.25, 0.3) is 5.91 Å². The van der Waals surface area contributed by atoms with E-state index >= 15 is 0 Å². The fourth-order valence-corrected chi connectivity index (χ4v) is 2.71. The molecule has 21 heavy (non-hydrogen) atoms. The van der Waals surface area contributed by atoms with E-state index in [0.29, 0.717) is 16.4 Å². The van der Waals surface area contributed by atoms with Crippen LogP contribution < -0.4 is 11.1 Å². The number of anilines is 2. The number of primary amides is 1. The van der Waals surface area contributed by atoms with Gasteiger partial charge in [0.05, 0.1) is 5.56 Å². The summed E-state index contributed by atoms with van der Waals surface area (Å²) in [4.78, 5) is 16.3. The molecule has 5 heteroatoms. The third kappa shape index (κ3) is 3.00. The zero-order chi connectivity index (χ0) is 14.8. The molecule has 3 rings (SSSR count). The van der Waals surface area contributed by atoms with Crippen molar-refractivity contribution >= 4 is 29.0 Å². The van der Waals surface area contributed by atoms with Gasteiger partial charge in [-0.15, -0.1) is 0 Å². The van der Waals surface area contributed by atoms with Gasteiger partial charge in [-0.2, -0.15) is 0 Å². The van der Waals surface area contributed by atoms with Crippen molar-refractivity contribution in [3.8, 4) is 0 Å². The first-order valence-electron chi connectivity index (χ1n) is 6.98. The van der Waals surface area contributed by atoms with Gasteiger partial charge >= 0.3 is 0 Å². The summed E-state index contributed by atoms with van der Waals surface area (Å²) in [5, 5.41) is 3.82. The molecule has 1 aliphatic carbocycles. The maximum Gasteiger partial charge on any atom is 0.252 e. The molecule has 1 aromatic heterocycles. The lowest BCUT2D eigenvalue weighted by Crippen LogP contribution is -2.17. The molecular weight excluding hydrogens is 286 g/mol. The van der Waals surface area contributed by atoms with Crippen molar-refractivity contribution in [1.29, 1.82) is 0 Å². The highest BCUT2D eigenvalue weighted by molar-refractivity contribution is 6.30. The van der Waals surface area contributed by atoms with Gasteiger partial charge in [-0.1, -0.05) is 11.6 Å². The van der Waals surface area contributed by atoms with Gasteiger partial charge in [0.15, 0.2) is 0 Å². The highest BCUT2D eigenvalue weighted by atomic mass is 35.5. The first-order valence-corrected chi connectivity index (χ1v) is 7.36. The van der Waals surface area contributed by atoms with Gasteiger partial charge in [0, 0.05) is 16.4 Å². The van der Waals surface area contributed by atoms with Gasteiger partial charge in [-0.05, 0) is 61.6 Å². The number of nitrogens with one attached hydrogen (secondary N) is 1. The molecule has 1 amide bonds. The van der Waals surface area contributed by atoms with Gasteiger partial charge in [-0.25, -0.2) is 4.98 Å². The Morgan fingerprint density at radius 3 is 2.62 bits per heavy atom. The average Bonchev–Trinajstić information content (AvgIpc) is 2.48. The number of aromatic nitrogens is 1. The number of carbonyl (C=O) groups is 1. The topological polar surface area (TPSA) is 68.0 Å². The summed E-state index contributed by atoms with van der Waals surface area (Å²) in [6.07, 6.45) is 4.18. The molecule has 0 atom stereocenters. The Kier molecular flexibility index (Phi) is 3.80. The highest BCUT2D eigenvalue weighted by Crippen LogP contribution is 2.27. The number of hydrogen-bond donors (Lipinski definition) is 2. The van der Waals surface area contributed by atoms with Crippen molar-refractivity contribution in [2.45, 2.75) is 25.7 Å². The third-order valence-electron chi connectivity index (χ3n) is 3.67. The number of halogens is 1. The van der Waals surface area contributed by atoms with E-state index in [9.17, 15) is 4.79 Å². The van der Waals surface area contributed by atoms with Crippen molar-refractivity contribution in [3.05, 3.63) is 52.2 Å². The minimum absolute atomic E-state index is 0.436. The summed E-state index contributed by atoms with van der Waals surface area (Å²) in [6, 6.07) is 9.13. The average molecular weight is 302 g/mol. The fraction of sp³-hybridized carbons (Fsp3) is 0.250. The molecular formula is C16H16ClN3O. The van der Waals surface area contributed by atoms with Crippen molar-refractivity contribution in [3.63, 3.8) is 0 Å². The van der Waals surface area contributed by atoms with Gasteiger partial charge in [0.1, 0.15) is 5.82 Å². The Bertz CT molecular complexity index is 683. The molecule has 1 aliphatic rings. The van der Waals surface area contributed by atoms with Crippen molar-refractivity contribution in [2.75, 3.05) is 5.32 Å². The molecule has 0 bridgehead atoms. The molecule has 1 aromatic carbocycles. The van der Waals surface area contributed by atoms with E-state index in [0.717, 1.165) is 42.6 Å². The zero-order valence-corrected chi connectivity index (χ0v) is 12.3. The van der Waals surface area contributed by atoms with E-state index in [1.54, 1.807) is 12.1 Å². The predicted molar refractivity (Wildman–Crippen MR) is 84.1 cm³/mol. The Morgan fingerprint density at radius 2 is 1.90 bits per heavy atom. The minimum atomic E-state index is -0.465. The van der Waals surface area contributed by atoms with Crippen molar-refractivity contribution < 1.29 is 4.79 Å². The van der Waals surface area contributed by atoms with E-state index in [-0.39, 0.29) is 0 Å². The van der Waals surface area contributed by atoms with Gasteiger partial charge < -0.3 is 11.1 Å². The summed E-state index contributed by atoms with van der Waals surface area (Å²) in [6.45, 7) is 0. The molecule has 0 spiro atoms. The number of benzene rings is 1. The van der Waals surface area contributed by atoms with E-state index in [1.807, 2.05) is 18.2 Å². The number of fused-ring (bicyclic) bond motifs is 1. The smallest absolute Gasteiger partial charge is 0.252 e. The van der Waals surface area contributed by atoms with E-state index in [2.05, 4.69) is 10.3 Å². The van der Waals surface area contributed by atoms with Crippen molar-refractivity contribution in [2.24, 2.45) is 5.73 Å². The Hall–Kier alpha value is -2.07. The molecule has 0 saturated heterocycles. The number of aryl methyl sites for hydroxylation is 2. The molecule has 2 aromatic rings. The molecule has 3 N–H and O–H groups in total. The van der Waals surface area contributed by atoms with Gasteiger partial charge in [-0.3, -0.25) is 4.79 Å². The van der Waals surface area contributed by atoms with Crippen LogP contribution in [0.2, 0.25) is 5.02 Å². The van der Waals surface area contributed by atoms with Crippen LogP contribution in [0.5, 0.6) is 0 Å². The number of nitrogens with two attached hydrogens (primary N) is 1. The molecule has 0 fully saturated rings. The van der Waals surface area contributed by atoms with Crippen molar-refractivity contribution in [1.82, 2.24) is 4.98 Å². The van der Waals surface area contributed by atoms with E-state index in [4.69, 9.17) is 17.3 Å². The van der Waals surface area contributed by atoms with E-state index < -0.39 is 5.91 Å². The number of nitrogens with zero attached hydrogens (tertiary/aromatic N) is 1. The second kappa shape index (κ2) is 5.74. The van der Waals surface area contributed by atoms with Crippen LogP contribution in [0.15, 0.2) is 30.3 Å². The monoisotopic (exact) mass is 301 g/mol. The maximum absolute atomic E-state index is 11.7. The van der Waals surface area contributed by atoms with Crippen LogP contribution >= 0.6 is 11.6 Å². The highest BCUT2D eigenvalue weighted by Gasteiger charge is 2.17. The lowest BCUT2D eigenvalue weighted by atomic mass is 9.94. The quantitative estimate of drug-likeness (QED) is 0.912. The second-order valence-electron chi connectivity index (χ2n) is 5.19. The number of hydrogen-bond acceptors (Lipinski definition) is 3. The van der Waals surface area contributed by atoms with Crippen LogP contribution in [-0.4, -0.2) is 10.9 Å². The van der Waals surface area contributed by atoms with Crippen LogP contribution in [0.1, 0.15) is 34.5 Å². The molecule has 108 valence electrons. The molecule has 1 heterocycles. The predicted octanol–water partition coefficient (Wildman–Crippen LogP) is 3.46. The number of amides is 1. The normalized spacial score (nSPS) is 13.6. The minimum Gasteiger partial charge on any atom is -0.365 e. The zero-order valence-electron chi connectivity index (χ0n) is 11.5. The standard InChI is InChI=1S/C16H16ClN3O/c17-11-5-7-12(8-6-11)19-16-13(15(18)21)9-10-3-1-2-4-14(10)20-16/h5-9H,1-4H2,(H2,18,21)(H,19,20). The third-order valence-corrected chi connectivity index (χ3v) is 3.93. The van der Waals surface area contributed by atoms with Gasteiger partial charge in [0.2, 0.25) is 0 Å². The van der Waals surface area contributed by atoms with Crippen LogP contribution in [0.4, 0.5) is 11.5 Å². The lowest BCUT2D eigenvalue weighted by Gasteiger charge is -2.18. The number of carbonyl (C=O) groups excluding carboxylic acids is 1. The maximum atomic E-state index is 11.7.